The summed E-state index contributed by atoms with van der Waals surface area (Å²) in [5.41, 5.74) is 5.28. The molecule has 0 bridgehead atoms. The zero-order valence-corrected chi connectivity index (χ0v) is 17.8. The Hall–Kier alpha value is -1.91. The molecule has 4 rings (SSSR count). The predicted octanol–water partition coefficient (Wildman–Crippen LogP) is 3.09. The van der Waals surface area contributed by atoms with E-state index in [0.29, 0.717) is 47.9 Å². The van der Waals surface area contributed by atoms with E-state index in [1.165, 1.54) is 28.2 Å². The van der Waals surface area contributed by atoms with Gasteiger partial charge in [0.1, 0.15) is 0 Å². The molecular weight excluding hydrogens is 432 g/mol. The Morgan fingerprint density at radius 3 is 2.59 bits per heavy atom. The van der Waals surface area contributed by atoms with Gasteiger partial charge in [-0.2, -0.15) is 9.41 Å². The molecule has 2 aromatic carbocycles. The van der Waals surface area contributed by atoms with E-state index in [1.807, 2.05) is 30.3 Å². The van der Waals surface area contributed by atoms with E-state index in [2.05, 4.69) is 15.5 Å². The summed E-state index contributed by atoms with van der Waals surface area (Å²) >= 11 is 7.75. The van der Waals surface area contributed by atoms with Gasteiger partial charge in [-0.15, -0.1) is 0 Å². The topological polar surface area (TPSA) is 83.4 Å². The standard InChI is InChI=1S/C19H19ClN4O3S2/c20-16-7-6-15(29(25,26)24-8-10-27-11-9-24)12-17(16)21-19-23-22-18(13-28-19)14-4-2-1-3-5-14/h1-7,12H,8-11,13H2,(H,21,23). The fourth-order valence-corrected chi connectivity index (χ4v) is 5.30. The number of rotatable bonds is 4. The summed E-state index contributed by atoms with van der Waals surface area (Å²) in [6, 6.07) is 14.4. The summed E-state index contributed by atoms with van der Waals surface area (Å²) < 4.78 is 32.4. The molecule has 2 aromatic rings. The van der Waals surface area contributed by atoms with Crippen LogP contribution in [0.3, 0.4) is 0 Å². The summed E-state index contributed by atoms with van der Waals surface area (Å²) in [7, 11) is -3.62. The fraction of sp³-hybridized carbons (Fsp3) is 0.263. The third-order valence-electron chi connectivity index (χ3n) is 4.49. The van der Waals surface area contributed by atoms with Gasteiger partial charge in [0.2, 0.25) is 10.0 Å². The van der Waals surface area contributed by atoms with Crippen LogP contribution in [0.15, 0.2) is 63.5 Å². The molecule has 1 saturated heterocycles. The van der Waals surface area contributed by atoms with Gasteiger partial charge in [0.25, 0.3) is 0 Å². The molecule has 1 N–H and O–H groups in total. The van der Waals surface area contributed by atoms with Crippen LogP contribution < -0.4 is 5.43 Å². The molecule has 0 unspecified atom stereocenters. The minimum atomic E-state index is -3.62. The Bertz CT molecular complexity index is 1050. The zero-order valence-electron chi connectivity index (χ0n) is 15.4. The number of sulfonamides is 1. The van der Waals surface area contributed by atoms with Gasteiger partial charge in [-0.25, -0.2) is 13.4 Å². The molecule has 0 spiro atoms. The molecule has 0 aromatic heterocycles. The molecule has 0 radical (unpaired) electrons. The van der Waals surface area contributed by atoms with Gasteiger partial charge >= 0.3 is 0 Å². The average Bonchev–Trinajstić information content (AvgIpc) is 2.77. The number of hydrogen-bond acceptors (Lipinski definition) is 6. The first-order valence-electron chi connectivity index (χ1n) is 9.01. The van der Waals surface area contributed by atoms with Crippen molar-refractivity contribution in [2.45, 2.75) is 4.90 Å². The summed E-state index contributed by atoms with van der Waals surface area (Å²) in [6.07, 6.45) is 0. The number of thioether (sulfide) groups is 1. The molecule has 0 saturated carbocycles. The summed E-state index contributed by atoms with van der Waals surface area (Å²) in [4.78, 5) is 4.65. The van der Waals surface area contributed by atoms with E-state index in [0.717, 1.165) is 11.3 Å². The van der Waals surface area contributed by atoms with Crippen LogP contribution in [-0.4, -0.2) is 55.7 Å². The van der Waals surface area contributed by atoms with Crippen molar-refractivity contribution in [1.29, 1.82) is 0 Å². The number of halogens is 1. The normalized spacial score (nSPS) is 19.6. The lowest BCUT2D eigenvalue weighted by molar-refractivity contribution is 0.0730. The van der Waals surface area contributed by atoms with Crippen molar-refractivity contribution in [3.8, 4) is 0 Å². The van der Waals surface area contributed by atoms with Crippen LogP contribution in [0.5, 0.6) is 0 Å². The molecule has 1 fully saturated rings. The number of ether oxygens (including phenoxy) is 1. The fourth-order valence-electron chi connectivity index (χ4n) is 2.94. The van der Waals surface area contributed by atoms with Crippen LogP contribution >= 0.6 is 23.4 Å². The highest BCUT2D eigenvalue weighted by molar-refractivity contribution is 8.14. The van der Waals surface area contributed by atoms with Crippen molar-refractivity contribution < 1.29 is 13.2 Å². The second-order valence-electron chi connectivity index (χ2n) is 6.37. The lowest BCUT2D eigenvalue weighted by Gasteiger charge is -2.26. The van der Waals surface area contributed by atoms with Gasteiger partial charge in [-0.05, 0) is 23.8 Å². The van der Waals surface area contributed by atoms with Crippen LogP contribution in [-0.2, 0) is 14.8 Å². The number of nitrogens with zero attached hydrogens (tertiary/aromatic N) is 3. The Morgan fingerprint density at radius 2 is 1.90 bits per heavy atom. The Morgan fingerprint density at radius 1 is 1.14 bits per heavy atom. The highest BCUT2D eigenvalue weighted by Crippen LogP contribution is 2.30. The molecule has 0 atom stereocenters. The van der Waals surface area contributed by atoms with Gasteiger partial charge in [-0.1, -0.05) is 53.7 Å². The molecule has 152 valence electrons. The number of benzene rings is 2. The number of amidine groups is 1. The summed E-state index contributed by atoms with van der Waals surface area (Å²) in [5.74, 6) is 0.652. The quantitative estimate of drug-likeness (QED) is 0.773. The molecule has 2 heterocycles. The van der Waals surface area contributed by atoms with Gasteiger partial charge in [0.15, 0.2) is 5.17 Å². The van der Waals surface area contributed by atoms with E-state index < -0.39 is 10.0 Å². The maximum Gasteiger partial charge on any atom is 0.243 e. The lowest BCUT2D eigenvalue weighted by atomic mass is 10.1. The average molecular weight is 451 g/mol. The Kier molecular flexibility index (Phi) is 6.21. The molecule has 2 aliphatic heterocycles. The third kappa shape index (κ3) is 4.65. The Balaban J connectivity index is 1.56. The van der Waals surface area contributed by atoms with Gasteiger partial charge in [0.05, 0.1) is 34.5 Å². The third-order valence-corrected chi connectivity index (χ3v) is 7.57. The van der Waals surface area contributed by atoms with Crippen LogP contribution in [0.4, 0.5) is 5.69 Å². The van der Waals surface area contributed by atoms with Crippen molar-refractivity contribution in [3.63, 3.8) is 0 Å². The maximum absolute atomic E-state index is 12.9. The van der Waals surface area contributed by atoms with Crippen LogP contribution in [0.25, 0.3) is 0 Å². The van der Waals surface area contributed by atoms with E-state index >= 15 is 0 Å². The number of aliphatic imine (C=N–C) groups is 1. The monoisotopic (exact) mass is 450 g/mol. The predicted molar refractivity (Wildman–Crippen MR) is 117 cm³/mol. The maximum atomic E-state index is 12.9. The van der Waals surface area contributed by atoms with E-state index in [9.17, 15) is 8.42 Å². The van der Waals surface area contributed by atoms with Crippen molar-refractivity contribution in [3.05, 3.63) is 59.1 Å². The molecule has 7 nitrogen and oxygen atoms in total. The molecule has 10 heteroatoms. The first-order valence-corrected chi connectivity index (χ1v) is 11.8. The van der Waals surface area contributed by atoms with Crippen molar-refractivity contribution in [2.75, 3.05) is 32.1 Å². The summed E-state index contributed by atoms with van der Waals surface area (Å²) in [5, 5.41) is 5.32. The minimum absolute atomic E-state index is 0.164. The van der Waals surface area contributed by atoms with Crippen molar-refractivity contribution >= 4 is 50.0 Å². The summed E-state index contributed by atoms with van der Waals surface area (Å²) in [6.45, 7) is 1.46. The minimum Gasteiger partial charge on any atom is -0.379 e. The molecule has 29 heavy (non-hydrogen) atoms. The largest absolute Gasteiger partial charge is 0.379 e. The van der Waals surface area contributed by atoms with Gasteiger partial charge in [0, 0.05) is 18.8 Å². The molecule has 0 aliphatic carbocycles. The van der Waals surface area contributed by atoms with Crippen molar-refractivity contribution in [1.82, 2.24) is 9.73 Å². The van der Waals surface area contributed by atoms with E-state index in [-0.39, 0.29) is 4.90 Å². The van der Waals surface area contributed by atoms with Crippen molar-refractivity contribution in [2.24, 2.45) is 10.1 Å². The zero-order chi connectivity index (χ0) is 20.3. The number of hydrazone groups is 1. The van der Waals surface area contributed by atoms with Gasteiger partial charge < -0.3 is 4.74 Å². The first-order chi connectivity index (χ1) is 14.0. The second kappa shape index (κ2) is 8.85. The molecule has 2 aliphatic rings. The van der Waals surface area contributed by atoms with Crippen LogP contribution in [0.1, 0.15) is 5.56 Å². The lowest BCUT2D eigenvalue weighted by Crippen LogP contribution is -2.40. The number of morpholine rings is 1. The number of nitrogens with one attached hydrogen (secondary N) is 1. The molecule has 0 amide bonds. The number of hydrogen-bond donors (Lipinski definition) is 1. The highest BCUT2D eigenvalue weighted by atomic mass is 35.5. The van der Waals surface area contributed by atoms with E-state index in [1.54, 1.807) is 6.07 Å². The molecular formula is C19H19ClN4O3S2. The second-order valence-corrected chi connectivity index (χ2v) is 9.68. The van der Waals surface area contributed by atoms with Gasteiger partial charge in [-0.3, -0.25) is 5.43 Å². The smallest absolute Gasteiger partial charge is 0.243 e. The SMILES string of the molecule is O=S(=O)(c1ccc(Cl)c(N=C2NN=C(c3ccccc3)CS2)c1)N1CCOCC1. The first kappa shape index (κ1) is 20.4. The van der Waals surface area contributed by atoms with Crippen LogP contribution in [0.2, 0.25) is 5.02 Å². The van der Waals surface area contributed by atoms with Crippen LogP contribution in [0, 0.1) is 0 Å². The Labute approximate surface area is 178 Å². The van der Waals surface area contributed by atoms with E-state index in [4.69, 9.17) is 16.3 Å². The highest BCUT2D eigenvalue weighted by Gasteiger charge is 2.27.